The summed E-state index contributed by atoms with van der Waals surface area (Å²) in [6, 6.07) is 9.16. The van der Waals surface area contributed by atoms with Gasteiger partial charge in [-0.15, -0.1) is 11.3 Å². The lowest BCUT2D eigenvalue weighted by Gasteiger charge is -2.05. The van der Waals surface area contributed by atoms with E-state index in [2.05, 4.69) is 9.71 Å². The maximum atomic E-state index is 11.9. The van der Waals surface area contributed by atoms with E-state index in [-0.39, 0.29) is 5.75 Å². The first-order valence-corrected chi connectivity index (χ1v) is 8.44. The number of sulfonamides is 1. The topological polar surface area (TPSA) is 59.1 Å². The molecule has 0 saturated carbocycles. The Kier molecular flexibility index (Phi) is 4.68. The number of nitrogens with zero attached hydrogens (tertiary/aromatic N) is 1. The molecule has 6 heteroatoms. The van der Waals surface area contributed by atoms with Crippen LogP contribution in [0.5, 0.6) is 0 Å². The first-order valence-electron chi connectivity index (χ1n) is 5.98. The Labute approximate surface area is 117 Å². The number of aromatic nitrogens is 1. The predicted molar refractivity (Wildman–Crippen MR) is 77.6 cm³/mol. The van der Waals surface area contributed by atoms with Crippen LogP contribution in [0.15, 0.2) is 36.5 Å². The van der Waals surface area contributed by atoms with E-state index in [1.54, 1.807) is 17.5 Å². The highest BCUT2D eigenvalue weighted by Crippen LogP contribution is 2.11. The summed E-state index contributed by atoms with van der Waals surface area (Å²) >= 11 is 1.60. The van der Waals surface area contributed by atoms with E-state index >= 15 is 0 Å². The van der Waals surface area contributed by atoms with Crippen LogP contribution in [0.2, 0.25) is 0 Å². The fourth-order valence-electron chi connectivity index (χ4n) is 1.68. The van der Waals surface area contributed by atoms with Gasteiger partial charge in [-0.1, -0.05) is 30.3 Å². The molecule has 102 valence electrons. The lowest BCUT2D eigenvalue weighted by Crippen LogP contribution is -2.27. The lowest BCUT2D eigenvalue weighted by atomic mass is 10.2. The van der Waals surface area contributed by atoms with Crippen LogP contribution < -0.4 is 4.72 Å². The molecule has 2 aromatic rings. The van der Waals surface area contributed by atoms with Crippen LogP contribution in [0.1, 0.15) is 15.4 Å². The van der Waals surface area contributed by atoms with Gasteiger partial charge < -0.3 is 0 Å². The molecule has 1 aromatic heterocycles. The molecule has 1 heterocycles. The lowest BCUT2D eigenvalue weighted by molar-refractivity contribution is 0.580. The van der Waals surface area contributed by atoms with Crippen LogP contribution in [0.3, 0.4) is 0 Å². The molecule has 0 unspecified atom stereocenters. The molecule has 0 atom stereocenters. The van der Waals surface area contributed by atoms with Crippen LogP contribution in [0.25, 0.3) is 0 Å². The first-order chi connectivity index (χ1) is 9.05. The van der Waals surface area contributed by atoms with Crippen LogP contribution in [-0.2, 0) is 22.2 Å². The van der Waals surface area contributed by atoms with Crippen molar-refractivity contribution in [2.75, 3.05) is 6.54 Å². The summed E-state index contributed by atoms with van der Waals surface area (Å²) < 4.78 is 26.3. The number of rotatable bonds is 6. The van der Waals surface area contributed by atoms with Crippen molar-refractivity contribution in [3.05, 3.63) is 52.0 Å². The van der Waals surface area contributed by atoms with Crippen LogP contribution in [-0.4, -0.2) is 19.9 Å². The molecule has 0 radical (unpaired) electrons. The van der Waals surface area contributed by atoms with E-state index in [9.17, 15) is 8.42 Å². The van der Waals surface area contributed by atoms with Gasteiger partial charge in [-0.05, 0) is 12.5 Å². The van der Waals surface area contributed by atoms with Crippen molar-refractivity contribution in [1.29, 1.82) is 0 Å². The van der Waals surface area contributed by atoms with E-state index in [0.717, 1.165) is 15.4 Å². The van der Waals surface area contributed by atoms with Gasteiger partial charge in [-0.3, -0.25) is 0 Å². The van der Waals surface area contributed by atoms with Crippen molar-refractivity contribution in [2.24, 2.45) is 0 Å². The SMILES string of the molecule is Cc1cnc(CCNS(=O)(=O)Cc2ccccc2)s1. The largest absolute Gasteiger partial charge is 0.249 e. The highest BCUT2D eigenvalue weighted by Gasteiger charge is 2.11. The summed E-state index contributed by atoms with van der Waals surface area (Å²) in [5.41, 5.74) is 0.792. The molecule has 19 heavy (non-hydrogen) atoms. The van der Waals surface area contributed by atoms with Crippen molar-refractivity contribution in [3.8, 4) is 0 Å². The Hall–Kier alpha value is -1.24. The van der Waals surface area contributed by atoms with Gasteiger partial charge in [0.1, 0.15) is 0 Å². The van der Waals surface area contributed by atoms with E-state index < -0.39 is 10.0 Å². The monoisotopic (exact) mass is 296 g/mol. The Morgan fingerprint density at radius 2 is 2.00 bits per heavy atom. The van der Waals surface area contributed by atoms with Gasteiger partial charge in [0.15, 0.2) is 0 Å². The van der Waals surface area contributed by atoms with Gasteiger partial charge in [0.25, 0.3) is 0 Å². The molecule has 1 N–H and O–H groups in total. The number of nitrogens with one attached hydrogen (secondary N) is 1. The van der Waals surface area contributed by atoms with Gasteiger partial charge in [-0.2, -0.15) is 0 Å². The summed E-state index contributed by atoms with van der Waals surface area (Å²) in [5, 5.41) is 0.958. The molecule has 0 amide bonds. The number of thiazole rings is 1. The Bertz CT molecular complexity index is 621. The first kappa shape index (κ1) is 14.2. The van der Waals surface area contributed by atoms with E-state index in [1.165, 1.54) is 0 Å². The minimum Gasteiger partial charge on any atom is -0.249 e. The molecule has 0 bridgehead atoms. The molecule has 2 rings (SSSR count). The maximum Gasteiger partial charge on any atom is 0.215 e. The third-order valence-corrected chi connectivity index (χ3v) is 4.86. The highest BCUT2D eigenvalue weighted by atomic mass is 32.2. The summed E-state index contributed by atoms with van der Waals surface area (Å²) in [6.07, 6.45) is 2.44. The summed E-state index contributed by atoms with van der Waals surface area (Å²) in [7, 11) is -3.27. The number of aryl methyl sites for hydroxylation is 1. The van der Waals surface area contributed by atoms with Crippen LogP contribution in [0, 0.1) is 6.92 Å². The van der Waals surface area contributed by atoms with Crippen LogP contribution >= 0.6 is 11.3 Å². The standard InChI is InChI=1S/C13H16N2O2S2/c1-11-9-14-13(18-11)7-8-15-19(16,17)10-12-5-3-2-4-6-12/h2-6,9,15H,7-8,10H2,1H3. The quantitative estimate of drug-likeness (QED) is 0.888. The maximum absolute atomic E-state index is 11.9. The predicted octanol–water partition coefficient (Wildman–Crippen LogP) is 2.11. The van der Waals surface area contributed by atoms with Crippen LogP contribution in [0.4, 0.5) is 0 Å². The molecular weight excluding hydrogens is 280 g/mol. The van der Waals surface area contributed by atoms with Crippen molar-refractivity contribution in [1.82, 2.24) is 9.71 Å². The van der Waals surface area contributed by atoms with Gasteiger partial charge in [-0.25, -0.2) is 18.1 Å². The Morgan fingerprint density at radius 3 is 2.63 bits per heavy atom. The summed E-state index contributed by atoms with van der Waals surface area (Å²) in [4.78, 5) is 5.34. The fourth-order valence-corrected chi connectivity index (χ4v) is 3.61. The normalized spacial score (nSPS) is 11.6. The zero-order valence-electron chi connectivity index (χ0n) is 10.7. The second-order valence-corrected chi connectivity index (χ2v) is 7.38. The molecule has 0 aliphatic rings. The fraction of sp³-hybridized carbons (Fsp3) is 0.308. The smallest absolute Gasteiger partial charge is 0.215 e. The Balaban J connectivity index is 1.84. The average Bonchev–Trinajstić information content (AvgIpc) is 2.75. The highest BCUT2D eigenvalue weighted by molar-refractivity contribution is 7.88. The zero-order valence-corrected chi connectivity index (χ0v) is 12.3. The van der Waals surface area contributed by atoms with E-state index in [0.29, 0.717) is 13.0 Å². The molecule has 0 aliphatic heterocycles. The van der Waals surface area contributed by atoms with Gasteiger partial charge in [0, 0.05) is 24.0 Å². The van der Waals surface area contributed by atoms with Crippen molar-refractivity contribution in [3.63, 3.8) is 0 Å². The molecule has 0 aliphatic carbocycles. The van der Waals surface area contributed by atoms with Gasteiger partial charge >= 0.3 is 0 Å². The van der Waals surface area contributed by atoms with E-state index in [4.69, 9.17) is 0 Å². The molecule has 1 aromatic carbocycles. The molecular formula is C13H16N2O2S2. The van der Waals surface area contributed by atoms with Crippen molar-refractivity contribution < 1.29 is 8.42 Å². The molecule has 4 nitrogen and oxygen atoms in total. The number of hydrogen-bond acceptors (Lipinski definition) is 4. The number of benzene rings is 1. The minimum absolute atomic E-state index is 0.0186. The van der Waals surface area contributed by atoms with Gasteiger partial charge in [0.05, 0.1) is 10.8 Å². The van der Waals surface area contributed by atoms with Gasteiger partial charge in [0.2, 0.25) is 10.0 Å². The Morgan fingerprint density at radius 1 is 1.26 bits per heavy atom. The summed E-state index contributed by atoms with van der Waals surface area (Å²) in [6.45, 7) is 2.38. The van der Waals surface area contributed by atoms with Crippen molar-refractivity contribution in [2.45, 2.75) is 19.1 Å². The van der Waals surface area contributed by atoms with Crippen molar-refractivity contribution >= 4 is 21.4 Å². The minimum atomic E-state index is -3.27. The second-order valence-electron chi connectivity index (χ2n) is 4.25. The molecule has 0 spiro atoms. The zero-order chi connectivity index (χ0) is 13.7. The second kappa shape index (κ2) is 6.27. The third kappa shape index (κ3) is 4.74. The number of hydrogen-bond donors (Lipinski definition) is 1. The van der Waals surface area contributed by atoms with E-state index in [1.807, 2.05) is 37.3 Å². The average molecular weight is 296 g/mol. The molecule has 0 saturated heterocycles. The summed E-state index contributed by atoms with van der Waals surface area (Å²) in [5.74, 6) is 0.0186. The third-order valence-electron chi connectivity index (χ3n) is 2.53. The molecule has 0 fully saturated rings.